The average molecular weight is 512 g/mol. The average Bonchev–Trinajstić information content (AvgIpc) is 3.80. The first kappa shape index (κ1) is 23.2. The van der Waals surface area contributed by atoms with E-state index in [0.29, 0.717) is 18.4 Å². The molecule has 5 nitrogen and oxygen atoms in total. The molecule has 3 heterocycles. The van der Waals surface area contributed by atoms with E-state index < -0.39 is 5.54 Å². The second kappa shape index (κ2) is 8.26. The Labute approximate surface area is 222 Å². The lowest BCUT2D eigenvalue weighted by molar-refractivity contribution is -0.131. The van der Waals surface area contributed by atoms with Gasteiger partial charge in [-0.05, 0) is 105 Å². The topological polar surface area (TPSA) is 53.0 Å². The zero-order valence-electron chi connectivity index (χ0n) is 21.8. The van der Waals surface area contributed by atoms with Gasteiger partial charge in [-0.3, -0.25) is 19.5 Å². The molecule has 3 fully saturated rings. The van der Waals surface area contributed by atoms with E-state index >= 15 is 0 Å². The fourth-order valence-corrected chi connectivity index (χ4v) is 7.21. The van der Waals surface area contributed by atoms with Crippen LogP contribution in [0.4, 0.5) is 0 Å². The quantitative estimate of drug-likeness (QED) is 0.430. The third-order valence-electron chi connectivity index (χ3n) is 8.88. The Morgan fingerprint density at radius 3 is 2.57 bits per heavy atom. The molecule has 1 spiro atoms. The number of carbonyl (C=O) groups excluding carboxylic acids is 2. The van der Waals surface area contributed by atoms with Crippen molar-refractivity contribution >= 4 is 39.1 Å². The van der Waals surface area contributed by atoms with Crippen molar-refractivity contribution in [3.05, 3.63) is 58.0 Å². The van der Waals surface area contributed by atoms with E-state index in [1.807, 2.05) is 21.1 Å². The second-order valence-electron chi connectivity index (χ2n) is 11.6. The molecular formula is C31H33N3O2S. The van der Waals surface area contributed by atoms with Crippen LogP contribution in [0.15, 0.2) is 41.4 Å². The number of likely N-dealkylation sites (tertiary alicyclic amines) is 1. The van der Waals surface area contributed by atoms with Gasteiger partial charge in [-0.15, -0.1) is 11.3 Å². The number of thiophene rings is 1. The second-order valence-corrected chi connectivity index (χ2v) is 12.9. The molecule has 1 aromatic heterocycles. The van der Waals surface area contributed by atoms with Gasteiger partial charge in [0.2, 0.25) is 5.91 Å². The van der Waals surface area contributed by atoms with Crippen LogP contribution < -0.4 is 0 Å². The number of hydrogen-bond acceptors (Lipinski definition) is 4. The largest absolute Gasteiger partial charge is 0.342 e. The molecule has 2 aliphatic carbocycles. The highest BCUT2D eigenvalue weighted by Gasteiger charge is 2.57. The number of aryl methyl sites for hydroxylation is 3. The van der Waals surface area contributed by atoms with E-state index in [4.69, 9.17) is 4.99 Å². The molecule has 4 aliphatic rings. The molecule has 190 valence electrons. The van der Waals surface area contributed by atoms with E-state index in [1.165, 1.54) is 37.2 Å². The number of nitrogens with zero attached hydrogens (tertiary/aromatic N) is 3. The summed E-state index contributed by atoms with van der Waals surface area (Å²) >= 11 is 1.86. The lowest BCUT2D eigenvalue weighted by Crippen LogP contribution is -2.41. The lowest BCUT2D eigenvalue weighted by Gasteiger charge is -2.24. The van der Waals surface area contributed by atoms with Crippen molar-refractivity contribution in [2.24, 2.45) is 16.8 Å². The first-order valence-electron chi connectivity index (χ1n) is 13.6. The standard InChI is InChI=1S/C31H33N3O2S/c1-18-14-24(6-8-25(18)23-7-9-27-26(15-23)19(2)20(3)37-27)28-32-31(11-12-31)30(36)34(28)17-21-10-13-33(16-21)29(35)22-4-5-22/h6-9,14-15,21-22H,4-5,10-13,16-17H2,1-3H3. The Bertz CT molecular complexity index is 1490. The molecule has 2 aliphatic heterocycles. The van der Waals surface area contributed by atoms with Crippen molar-refractivity contribution in [1.29, 1.82) is 0 Å². The summed E-state index contributed by atoms with van der Waals surface area (Å²) < 4.78 is 1.33. The predicted molar refractivity (Wildman–Crippen MR) is 149 cm³/mol. The molecule has 1 saturated heterocycles. The Hall–Kier alpha value is -2.99. The molecule has 37 heavy (non-hydrogen) atoms. The van der Waals surface area contributed by atoms with Gasteiger partial charge in [-0.25, -0.2) is 0 Å². The summed E-state index contributed by atoms with van der Waals surface area (Å²) in [6.07, 6.45) is 4.74. The first-order chi connectivity index (χ1) is 17.8. The number of rotatable bonds is 5. The van der Waals surface area contributed by atoms with Gasteiger partial charge in [-0.2, -0.15) is 0 Å². The first-order valence-corrected chi connectivity index (χ1v) is 14.5. The maximum absolute atomic E-state index is 13.5. The third kappa shape index (κ3) is 3.83. The molecule has 0 N–H and O–H groups in total. The summed E-state index contributed by atoms with van der Waals surface area (Å²) in [6.45, 7) is 8.79. The minimum absolute atomic E-state index is 0.157. The van der Waals surface area contributed by atoms with Gasteiger partial charge in [0.15, 0.2) is 0 Å². The Morgan fingerprint density at radius 1 is 1.05 bits per heavy atom. The summed E-state index contributed by atoms with van der Waals surface area (Å²) in [7, 11) is 0. The van der Waals surface area contributed by atoms with Crippen LogP contribution in [0.25, 0.3) is 21.2 Å². The number of carbonyl (C=O) groups is 2. The Kier molecular flexibility index (Phi) is 5.17. The predicted octanol–water partition coefficient (Wildman–Crippen LogP) is 5.87. The van der Waals surface area contributed by atoms with Crippen LogP contribution in [0, 0.1) is 32.6 Å². The van der Waals surface area contributed by atoms with Crippen molar-refractivity contribution < 1.29 is 9.59 Å². The number of aliphatic imine (C=N–C) groups is 1. The molecule has 6 heteroatoms. The summed E-state index contributed by atoms with van der Waals surface area (Å²) in [5.74, 6) is 1.87. The van der Waals surface area contributed by atoms with Crippen molar-refractivity contribution in [3.8, 4) is 11.1 Å². The highest BCUT2D eigenvalue weighted by Crippen LogP contribution is 2.46. The maximum Gasteiger partial charge on any atom is 0.256 e. The van der Waals surface area contributed by atoms with E-state index in [9.17, 15) is 9.59 Å². The highest BCUT2D eigenvalue weighted by atomic mass is 32.1. The van der Waals surface area contributed by atoms with Crippen LogP contribution in [0.1, 0.15) is 53.7 Å². The van der Waals surface area contributed by atoms with E-state index in [-0.39, 0.29) is 11.8 Å². The number of benzene rings is 2. The fraction of sp³-hybridized carbons (Fsp3) is 0.452. The zero-order valence-corrected chi connectivity index (χ0v) is 22.7. The van der Waals surface area contributed by atoms with E-state index in [2.05, 4.69) is 57.2 Å². The molecule has 0 bridgehead atoms. The van der Waals surface area contributed by atoms with Crippen LogP contribution in [0.3, 0.4) is 0 Å². The zero-order chi connectivity index (χ0) is 25.5. The van der Waals surface area contributed by atoms with Crippen molar-refractivity contribution in [2.45, 2.75) is 58.4 Å². The van der Waals surface area contributed by atoms with Crippen LogP contribution >= 0.6 is 11.3 Å². The summed E-state index contributed by atoms with van der Waals surface area (Å²) in [5, 5.41) is 1.34. The smallest absolute Gasteiger partial charge is 0.256 e. The monoisotopic (exact) mass is 511 g/mol. The Balaban J connectivity index is 1.16. The lowest BCUT2D eigenvalue weighted by atomic mass is 9.96. The minimum atomic E-state index is -0.524. The van der Waals surface area contributed by atoms with Gasteiger partial charge in [0, 0.05) is 40.7 Å². The van der Waals surface area contributed by atoms with Crippen molar-refractivity contribution in [2.75, 3.05) is 19.6 Å². The summed E-state index contributed by atoms with van der Waals surface area (Å²) in [5.41, 5.74) is 5.50. The van der Waals surface area contributed by atoms with Crippen molar-refractivity contribution in [1.82, 2.24) is 9.80 Å². The van der Waals surface area contributed by atoms with Crippen molar-refractivity contribution in [3.63, 3.8) is 0 Å². The molecule has 2 amide bonds. The van der Waals surface area contributed by atoms with Crippen LogP contribution in [-0.4, -0.2) is 52.6 Å². The molecule has 7 rings (SSSR count). The van der Waals surface area contributed by atoms with Gasteiger partial charge in [0.1, 0.15) is 11.4 Å². The molecule has 2 saturated carbocycles. The summed E-state index contributed by atoms with van der Waals surface area (Å²) in [6, 6.07) is 13.3. The van der Waals surface area contributed by atoms with E-state index in [0.717, 1.165) is 56.6 Å². The number of amidine groups is 1. The number of amides is 2. The summed E-state index contributed by atoms with van der Waals surface area (Å²) in [4.78, 5) is 36.4. The van der Waals surface area contributed by atoms with Gasteiger partial charge < -0.3 is 4.90 Å². The Morgan fingerprint density at radius 2 is 1.84 bits per heavy atom. The molecule has 0 radical (unpaired) electrons. The van der Waals surface area contributed by atoms with Crippen LogP contribution in [-0.2, 0) is 9.59 Å². The molecule has 1 unspecified atom stereocenters. The normalized spacial score (nSPS) is 22.4. The van der Waals surface area contributed by atoms with E-state index in [1.54, 1.807) is 0 Å². The molecule has 3 aromatic rings. The fourth-order valence-electron chi connectivity index (χ4n) is 6.16. The van der Waals surface area contributed by atoms with Gasteiger partial charge in [0.05, 0.1) is 0 Å². The number of hydrogen-bond donors (Lipinski definition) is 0. The molecule has 2 aromatic carbocycles. The minimum Gasteiger partial charge on any atom is -0.342 e. The highest BCUT2D eigenvalue weighted by molar-refractivity contribution is 7.19. The van der Waals surface area contributed by atoms with Gasteiger partial charge in [0.25, 0.3) is 5.91 Å². The van der Waals surface area contributed by atoms with Crippen LogP contribution in [0.2, 0.25) is 0 Å². The van der Waals surface area contributed by atoms with Gasteiger partial charge >= 0.3 is 0 Å². The molecule has 1 atom stereocenters. The number of fused-ring (bicyclic) bond motifs is 1. The van der Waals surface area contributed by atoms with Crippen LogP contribution in [0.5, 0.6) is 0 Å². The van der Waals surface area contributed by atoms with Gasteiger partial charge in [-0.1, -0.05) is 18.2 Å². The molecular weight excluding hydrogens is 478 g/mol. The maximum atomic E-state index is 13.5. The SMILES string of the molecule is Cc1cc(C2=NC3(CC3)C(=O)N2CC2CCN(C(=O)C3CC3)C2)ccc1-c1ccc2sc(C)c(C)c2c1. The third-order valence-corrected chi connectivity index (χ3v) is 10.1.